The van der Waals surface area contributed by atoms with Crippen LogP contribution in [0.2, 0.25) is 0 Å². The summed E-state index contributed by atoms with van der Waals surface area (Å²) in [5.41, 5.74) is 5.76. The van der Waals surface area contributed by atoms with Gasteiger partial charge in [-0.05, 0) is 26.0 Å². The molecule has 5 heteroatoms. The number of rotatable bonds is 3. The Hall–Kier alpha value is -1.78. The van der Waals surface area contributed by atoms with Gasteiger partial charge >= 0.3 is 0 Å². The number of nitrogens with zero attached hydrogens (tertiary/aromatic N) is 2. The average molecular weight is 195 g/mol. The van der Waals surface area contributed by atoms with Gasteiger partial charge in [0.25, 0.3) is 0 Å². The van der Waals surface area contributed by atoms with Gasteiger partial charge in [0.2, 0.25) is 0 Å². The highest BCUT2D eigenvalue weighted by molar-refractivity contribution is 5.95. The molecule has 0 radical (unpaired) electrons. The zero-order valence-electron chi connectivity index (χ0n) is 8.14. The van der Waals surface area contributed by atoms with Crippen LogP contribution >= 0.6 is 0 Å². The number of ether oxygens (including phenoxy) is 1. The summed E-state index contributed by atoms with van der Waals surface area (Å²) in [4.78, 5) is 3.96. The highest BCUT2D eigenvalue weighted by Crippen LogP contribution is 2.10. The van der Waals surface area contributed by atoms with Crippen LogP contribution in [-0.2, 0) is 0 Å². The maximum Gasteiger partial charge on any atom is 0.188 e. The second-order valence-corrected chi connectivity index (χ2v) is 3.03. The summed E-state index contributed by atoms with van der Waals surface area (Å²) < 4.78 is 5.38. The predicted octanol–water partition coefficient (Wildman–Crippen LogP) is 0.963. The van der Waals surface area contributed by atoms with Crippen molar-refractivity contribution in [3.63, 3.8) is 0 Å². The maximum atomic E-state index is 8.39. The first-order valence-electron chi connectivity index (χ1n) is 4.24. The fourth-order valence-corrected chi connectivity index (χ4v) is 0.925. The van der Waals surface area contributed by atoms with Crippen LogP contribution in [0.25, 0.3) is 0 Å². The summed E-state index contributed by atoms with van der Waals surface area (Å²) in [6.45, 7) is 3.86. The Labute approximate surface area is 82.2 Å². The van der Waals surface area contributed by atoms with Gasteiger partial charge in [0.1, 0.15) is 11.4 Å². The van der Waals surface area contributed by atoms with Gasteiger partial charge in [-0.2, -0.15) is 0 Å². The van der Waals surface area contributed by atoms with Gasteiger partial charge in [-0.1, -0.05) is 5.16 Å². The number of oxime groups is 1. The minimum atomic E-state index is -0.0129. The van der Waals surface area contributed by atoms with Gasteiger partial charge in [-0.25, -0.2) is 4.98 Å². The third kappa shape index (κ3) is 2.62. The van der Waals surface area contributed by atoms with Gasteiger partial charge < -0.3 is 15.7 Å². The molecule has 3 N–H and O–H groups in total. The minimum absolute atomic E-state index is 0.0129. The molecule has 76 valence electrons. The molecule has 0 unspecified atom stereocenters. The van der Waals surface area contributed by atoms with Gasteiger partial charge in [-0.15, -0.1) is 0 Å². The Balaban J connectivity index is 2.78. The number of aromatic nitrogens is 1. The molecule has 0 fully saturated rings. The Bertz CT molecular complexity index is 319. The van der Waals surface area contributed by atoms with E-state index in [2.05, 4.69) is 10.1 Å². The topological polar surface area (TPSA) is 80.7 Å². The van der Waals surface area contributed by atoms with E-state index < -0.39 is 0 Å². The summed E-state index contributed by atoms with van der Waals surface area (Å²) in [7, 11) is 0. The maximum absolute atomic E-state index is 8.39. The van der Waals surface area contributed by atoms with Crippen molar-refractivity contribution in [3.05, 3.63) is 24.0 Å². The van der Waals surface area contributed by atoms with Crippen molar-refractivity contribution in [3.8, 4) is 5.75 Å². The summed E-state index contributed by atoms with van der Waals surface area (Å²) in [5, 5.41) is 11.2. The molecule has 1 aromatic heterocycles. The van der Waals surface area contributed by atoms with E-state index in [-0.39, 0.29) is 11.9 Å². The molecule has 5 nitrogen and oxygen atoms in total. The first-order chi connectivity index (χ1) is 6.63. The molecular weight excluding hydrogens is 182 g/mol. The molecule has 0 saturated heterocycles. The Morgan fingerprint density at radius 3 is 2.71 bits per heavy atom. The largest absolute Gasteiger partial charge is 0.489 e. The van der Waals surface area contributed by atoms with Crippen LogP contribution < -0.4 is 10.5 Å². The van der Waals surface area contributed by atoms with Crippen LogP contribution in [0.4, 0.5) is 0 Å². The monoisotopic (exact) mass is 195 g/mol. The standard InChI is InChI=1S/C9H13N3O2/c1-6(2)14-7-3-4-8(11-5-7)9(10)12-13/h3-6,13H,1-2H3,(H2,10,12). The summed E-state index contributed by atoms with van der Waals surface area (Å²) in [6.07, 6.45) is 1.64. The van der Waals surface area contributed by atoms with E-state index in [9.17, 15) is 0 Å². The van der Waals surface area contributed by atoms with Gasteiger partial charge in [0, 0.05) is 0 Å². The van der Waals surface area contributed by atoms with E-state index in [1.54, 1.807) is 12.1 Å². The summed E-state index contributed by atoms with van der Waals surface area (Å²) >= 11 is 0. The van der Waals surface area contributed by atoms with Crippen LogP contribution in [0.3, 0.4) is 0 Å². The first-order valence-corrected chi connectivity index (χ1v) is 4.24. The predicted molar refractivity (Wildman–Crippen MR) is 52.5 cm³/mol. The molecule has 0 aromatic carbocycles. The number of amidine groups is 1. The zero-order chi connectivity index (χ0) is 10.6. The molecule has 1 heterocycles. The second-order valence-electron chi connectivity index (χ2n) is 3.03. The lowest BCUT2D eigenvalue weighted by molar-refractivity contribution is 0.241. The van der Waals surface area contributed by atoms with Crippen molar-refractivity contribution in [1.82, 2.24) is 4.98 Å². The molecule has 0 aliphatic rings. The van der Waals surface area contributed by atoms with Crippen LogP contribution in [0, 0.1) is 0 Å². The van der Waals surface area contributed by atoms with Crippen LogP contribution in [0.5, 0.6) is 5.75 Å². The SMILES string of the molecule is CC(C)Oc1ccc(/C(N)=N/O)nc1. The molecule has 0 aliphatic heterocycles. The van der Waals surface area contributed by atoms with Crippen molar-refractivity contribution in [1.29, 1.82) is 0 Å². The Morgan fingerprint density at radius 1 is 1.57 bits per heavy atom. The average Bonchev–Trinajstić information content (AvgIpc) is 2.17. The smallest absolute Gasteiger partial charge is 0.188 e. The minimum Gasteiger partial charge on any atom is -0.489 e. The zero-order valence-corrected chi connectivity index (χ0v) is 8.14. The van der Waals surface area contributed by atoms with Crippen LogP contribution in [-0.4, -0.2) is 22.1 Å². The highest BCUT2D eigenvalue weighted by Gasteiger charge is 2.02. The van der Waals surface area contributed by atoms with E-state index >= 15 is 0 Å². The van der Waals surface area contributed by atoms with E-state index in [4.69, 9.17) is 15.7 Å². The van der Waals surface area contributed by atoms with E-state index in [1.807, 2.05) is 13.8 Å². The normalized spacial score (nSPS) is 11.8. The van der Waals surface area contributed by atoms with E-state index in [1.165, 1.54) is 6.20 Å². The van der Waals surface area contributed by atoms with Crippen molar-refractivity contribution < 1.29 is 9.94 Å². The van der Waals surface area contributed by atoms with Crippen LogP contribution in [0.1, 0.15) is 19.5 Å². The molecular formula is C9H13N3O2. The van der Waals surface area contributed by atoms with Crippen molar-refractivity contribution in [2.24, 2.45) is 10.9 Å². The molecule has 0 aliphatic carbocycles. The second kappa shape index (κ2) is 4.45. The molecule has 14 heavy (non-hydrogen) atoms. The lowest BCUT2D eigenvalue weighted by Gasteiger charge is -2.08. The van der Waals surface area contributed by atoms with Crippen molar-refractivity contribution >= 4 is 5.84 Å². The van der Waals surface area contributed by atoms with Crippen molar-refractivity contribution in [2.75, 3.05) is 0 Å². The molecule has 0 atom stereocenters. The third-order valence-corrected chi connectivity index (χ3v) is 1.48. The van der Waals surface area contributed by atoms with E-state index in [0.717, 1.165) is 0 Å². The van der Waals surface area contributed by atoms with E-state index in [0.29, 0.717) is 11.4 Å². The fraction of sp³-hybridized carbons (Fsp3) is 0.333. The van der Waals surface area contributed by atoms with Gasteiger partial charge in [-0.3, -0.25) is 0 Å². The molecule has 0 spiro atoms. The first kappa shape index (κ1) is 10.3. The Kier molecular flexibility index (Phi) is 3.28. The van der Waals surface area contributed by atoms with Crippen LogP contribution in [0.15, 0.2) is 23.5 Å². The number of pyridine rings is 1. The fourth-order valence-electron chi connectivity index (χ4n) is 0.925. The number of hydrogen-bond donors (Lipinski definition) is 2. The quantitative estimate of drug-likeness (QED) is 0.326. The van der Waals surface area contributed by atoms with Crippen molar-refractivity contribution in [2.45, 2.75) is 20.0 Å². The number of hydrogen-bond acceptors (Lipinski definition) is 4. The molecule has 0 bridgehead atoms. The summed E-state index contributed by atoms with van der Waals surface area (Å²) in [5.74, 6) is 0.649. The molecule has 1 aromatic rings. The molecule has 0 amide bonds. The van der Waals surface area contributed by atoms with Gasteiger partial charge in [0.15, 0.2) is 5.84 Å². The Morgan fingerprint density at radius 2 is 2.29 bits per heavy atom. The number of nitrogens with two attached hydrogens (primary N) is 1. The highest BCUT2D eigenvalue weighted by atomic mass is 16.5. The third-order valence-electron chi connectivity index (χ3n) is 1.48. The molecule has 0 saturated carbocycles. The molecule has 1 rings (SSSR count). The van der Waals surface area contributed by atoms with Gasteiger partial charge in [0.05, 0.1) is 12.3 Å². The lowest BCUT2D eigenvalue weighted by atomic mass is 10.3. The summed E-state index contributed by atoms with van der Waals surface area (Å²) in [6, 6.07) is 3.35. The lowest BCUT2D eigenvalue weighted by Crippen LogP contribution is -2.15.